The van der Waals surface area contributed by atoms with Crippen molar-refractivity contribution in [3.63, 3.8) is 0 Å². The maximum absolute atomic E-state index is 11.1. The highest BCUT2D eigenvalue weighted by atomic mass is 16.1. The molecule has 0 fully saturated rings. The van der Waals surface area contributed by atoms with Gasteiger partial charge in [-0.25, -0.2) is 0 Å². The Morgan fingerprint density at radius 3 is 2.12 bits per heavy atom. The van der Waals surface area contributed by atoms with Crippen LogP contribution in [0.3, 0.4) is 0 Å². The largest absolute Gasteiger partial charge is 0.303 e. The van der Waals surface area contributed by atoms with Gasteiger partial charge in [0.15, 0.2) is 0 Å². The van der Waals surface area contributed by atoms with Crippen molar-refractivity contribution in [1.82, 2.24) is 4.98 Å². The molecule has 17 heavy (non-hydrogen) atoms. The number of hydrogen-bond acceptors (Lipinski definition) is 2. The molecule has 0 amide bonds. The third-order valence-corrected chi connectivity index (χ3v) is 2.78. The Balaban J connectivity index is 2.01. The standard InChI is InChI=1S/C15H15NO/c17-12-15(10-13-4-2-1-3-5-13)11-14-6-8-16-9-7-14/h1-9,12,15H,10-11H2/t15-/m1/s1. The zero-order valence-electron chi connectivity index (χ0n) is 9.62. The lowest BCUT2D eigenvalue weighted by Gasteiger charge is -2.10. The minimum Gasteiger partial charge on any atom is -0.303 e. The first-order valence-electron chi connectivity index (χ1n) is 5.76. The topological polar surface area (TPSA) is 30.0 Å². The molecular formula is C15H15NO. The number of benzene rings is 1. The highest BCUT2D eigenvalue weighted by Gasteiger charge is 2.09. The van der Waals surface area contributed by atoms with Gasteiger partial charge in [-0.1, -0.05) is 30.3 Å². The van der Waals surface area contributed by atoms with Crippen LogP contribution < -0.4 is 0 Å². The molecule has 1 atom stereocenters. The zero-order valence-corrected chi connectivity index (χ0v) is 9.62. The Morgan fingerprint density at radius 2 is 1.53 bits per heavy atom. The van der Waals surface area contributed by atoms with Crippen LogP contribution in [0.1, 0.15) is 11.1 Å². The van der Waals surface area contributed by atoms with Crippen LogP contribution in [0.2, 0.25) is 0 Å². The number of rotatable bonds is 5. The summed E-state index contributed by atoms with van der Waals surface area (Å²) in [6.45, 7) is 0. The molecule has 2 heteroatoms. The molecule has 2 nitrogen and oxygen atoms in total. The van der Waals surface area contributed by atoms with Gasteiger partial charge < -0.3 is 4.79 Å². The number of pyridine rings is 1. The maximum atomic E-state index is 11.1. The summed E-state index contributed by atoms with van der Waals surface area (Å²) in [5.74, 6) is 0.0415. The summed E-state index contributed by atoms with van der Waals surface area (Å²) in [4.78, 5) is 15.1. The Hall–Kier alpha value is -1.96. The van der Waals surface area contributed by atoms with Gasteiger partial charge in [-0.05, 0) is 36.1 Å². The number of nitrogens with zero attached hydrogens (tertiary/aromatic N) is 1. The quantitative estimate of drug-likeness (QED) is 0.732. The van der Waals surface area contributed by atoms with Gasteiger partial charge in [0.05, 0.1) is 0 Å². The first-order chi connectivity index (χ1) is 8.38. The summed E-state index contributed by atoms with van der Waals surface area (Å²) >= 11 is 0. The van der Waals surface area contributed by atoms with Gasteiger partial charge in [0.1, 0.15) is 6.29 Å². The molecule has 1 aromatic carbocycles. The van der Waals surface area contributed by atoms with Crippen LogP contribution in [0.5, 0.6) is 0 Å². The van der Waals surface area contributed by atoms with E-state index in [4.69, 9.17) is 0 Å². The predicted octanol–water partition coefficient (Wildman–Crippen LogP) is 2.68. The molecule has 0 saturated carbocycles. The summed E-state index contributed by atoms with van der Waals surface area (Å²) in [7, 11) is 0. The van der Waals surface area contributed by atoms with E-state index in [0.717, 1.165) is 24.7 Å². The molecule has 0 aliphatic rings. The lowest BCUT2D eigenvalue weighted by Crippen LogP contribution is -2.09. The van der Waals surface area contributed by atoms with Crippen molar-refractivity contribution in [1.29, 1.82) is 0 Å². The molecular weight excluding hydrogens is 210 g/mol. The Morgan fingerprint density at radius 1 is 0.941 bits per heavy atom. The molecule has 0 aliphatic heterocycles. The van der Waals surface area contributed by atoms with Crippen molar-refractivity contribution in [3.8, 4) is 0 Å². The number of aromatic nitrogens is 1. The van der Waals surface area contributed by atoms with E-state index in [0.29, 0.717) is 0 Å². The van der Waals surface area contributed by atoms with E-state index in [1.54, 1.807) is 12.4 Å². The molecule has 0 unspecified atom stereocenters. The molecule has 0 saturated heterocycles. The lowest BCUT2D eigenvalue weighted by atomic mass is 9.94. The Bertz CT molecular complexity index is 411. The van der Waals surface area contributed by atoms with E-state index in [1.807, 2.05) is 30.3 Å². The highest BCUT2D eigenvalue weighted by Crippen LogP contribution is 2.12. The van der Waals surface area contributed by atoms with E-state index >= 15 is 0 Å². The summed E-state index contributed by atoms with van der Waals surface area (Å²) in [6.07, 6.45) is 6.15. The minimum absolute atomic E-state index is 0.0415. The number of aldehydes is 1. The molecule has 0 bridgehead atoms. The molecule has 2 rings (SSSR count). The highest BCUT2D eigenvalue weighted by molar-refractivity contribution is 5.55. The molecule has 0 radical (unpaired) electrons. The molecule has 2 aromatic rings. The van der Waals surface area contributed by atoms with Gasteiger partial charge in [-0.15, -0.1) is 0 Å². The second-order valence-electron chi connectivity index (χ2n) is 4.15. The second-order valence-corrected chi connectivity index (χ2v) is 4.15. The van der Waals surface area contributed by atoms with E-state index in [1.165, 1.54) is 5.56 Å². The van der Waals surface area contributed by atoms with E-state index in [2.05, 4.69) is 17.1 Å². The number of carbonyl (C=O) groups excluding carboxylic acids is 1. The van der Waals surface area contributed by atoms with Crippen molar-refractivity contribution in [2.45, 2.75) is 12.8 Å². The van der Waals surface area contributed by atoms with E-state index in [9.17, 15) is 4.79 Å². The van der Waals surface area contributed by atoms with Crippen LogP contribution in [-0.2, 0) is 17.6 Å². The van der Waals surface area contributed by atoms with Crippen LogP contribution in [0.25, 0.3) is 0 Å². The maximum Gasteiger partial charge on any atom is 0.123 e. The smallest absolute Gasteiger partial charge is 0.123 e. The third-order valence-electron chi connectivity index (χ3n) is 2.78. The minimum atomic E-state index is 0.0415. The van der Waals surface area contributed by atoms with Gasteiger partial charge in [0.25, 0.3) is 0 Å². The number of hydrogen-bond donors (Lipinski definition) is 0. The monoisotopic (exact) mass is 225 g/mol. The van der Waals surface area contributed by atoms with Crippen molar-refractivity contribution in [2.24, 2.45) is 5.92 Å². The van der Waals surface area contributed by atoms with Crippen molar-refractivity contribution >= 4 is 6.29 Å². The van der Waals surface area contributed by atoms with Crippen molar-refractivity contribution in [2.75, 3.05) is 0 Å². The fraction of sp³-hybridized carbons (Fsp3) is 0.200. The average Bonchev–Trinajstić information content (AvgIpc) is 2.40. The first-order valence-corrected chi connectivity index (χ1v) is 5.76. The molecule has 1 aromatic heterocycles. The Kier molecular flexibility index (Phi) is 4.03. The van der Waals surface area contributed by atoms with Crippen LogP contribution in [0.15, 0.2) is 54.9 Å². The molecule has 86 valence electrons. The van der Waals surface area contributed by atoms with E-state index in [-0.39, 0.29) is 5.92 Å². The third kappa shape index (κ3) is 3.52. The SMILES string of the molecule is O=C[C@H](Cc1ccccc1)Cc1ccncc1. The van der Waals surface area contributed by atoms with Crippen LogP contribution in [0.4, 0.5) is 0 Å². The van der Waals surface area contributed by atoms with Crippen LogP contribution in [0, 0.1) is 5.92 Å². The van der Waals surface area contributed by atoms with E-state index < -0.39 is 0 Å². The lowest BCUT2D eigenvalue weighted by molar-refractivity contribution is -0.111. The molecule has 1 heterocycles. The normalized spacial score (nSPS) is 12.0. The summed E-state index contributed by atoms with van der Waals surface area (Å²) in [5, 5.41) is 0. The summed E-state index contributed by atoms with van der Waals surface area (Å²) in [5.41, 5.74) is 2.37. The van der Waals surface area contributed by atoms with Gasteiger partial charge in [0, 0.05) is 18.3 Å². The van der Waals surface area contributed by atoms with Crippen LogP contribution in [-0.4, -0.2) is 11.3 Å². The fourth-order valence-corrected chi connectivity index (χ4v) is 1.91. The summed E-state index contributed by atoms with van der Waals surface area (Å²) in [6, 6.07) is 14.0. The van der Waals surface area contributed by atoms with Gasteiger partial charge in [0.2, 0.25) is 0 Å². The Labute approximate surface area is 101 Å². The summed E-state index contributed by atoms with van der Waals surface area (Å²) < 4.78 is 0. The predicted molar refractivity (Wildman–Crippen MR) is 67.6 cm³/mol. The number of carbonyl (C=O) groups is 1. The molecule has 0 N–H and O–H groups in total. The zero-order chi connectivity index (χ0) is 11.9. The molecule has 0 aliphatic carbocycles. The van der Waals surface area contributed by atoms with Crippen molar-refractivity contribution < 1.29 is 4.79 Å². The average molecular weight is 225 g/mol. The van der Waals surface area contributed by atoms with Gasteiger partial charge >= 0.3 is 0 Å². The van der Waals surface area contributed by atoms with Gasteiger partial charge in [-0.3, -0.25) is 4.98 Å². The fourth-order valence-electron chi connectivity index (χ4n) is 1.91. The molecule has 0 spiro atoms. The second kappa shape index (κ2) is 5.94. The first kappa shape index (κ1) is 11.5. The van der Waals surface area contributed by atoms with Crippen molar-refractivity contribution in [3.05, 3.63) is 66.0 Å². The van der Waals surface area contributed by atoms with Crippen LogP contribution >= 0.6 is 0 Å². The van der Waals surface area contributed by atoms with Gasteiger partial charge in [-0.2, -0.15) is 0 Å².